The molecule has 52 heavy (non-hydrogen) atoms. The Bertz CT molecular complexity index is 1750. The number of anilines is 1. The molecule has 3 saturated heterocycles. The van der Waals surface area contributed by atoms with Crippen LogP contribution in [0.15, 0.2) is 48.7 Å². The van der Waals surface area contributed by atoms with Crippen molar-refractivity contribution in [3.05, 3.63) is 82.9 Å². The molecule has 0 saturated carbocycles. The van der Waals surface area contributed by atoms with Crippen molar-refractivity contribution in [1.82, 2.24) is 19.8 Å². The molecule has 2 aromatic carbocycles. The molecule has 3 aliphatic heterocycles. The Balaban J connectivity index is 1.00. The highest BCUT2D eigenvalue weighted by Gasteiger charge is 2.38. The summed E-state index contributed by atoms with van der Waals surface area (Å²) in [4.78, 5) is 63.7. The van der Waals surface area contributed by atoms with Gasteiger partial charge in [0.1, 0.15) is 41.4 Å². The van der Waals surface area contributed by atoms with E-state index < -0.39 is 47.7 Å². The summed E-state index contributed by atoms with van der Waals surface area (Å²) >= 11 is 0. The second-order valence-electron chi connectivity index (χ2n) is 14.5. The number of hydrogen-bond donors (Lipinski definition) is 1. The molecule has 1 N–H and O–H groups in total. The number of amides is 2. The van der Waals surface area contributed by atoms with Crippen molar-refractivity contribution in [3.63, 3.8) is 0 Å². The van der Waals surface area contributed by atoms with Gasteiger partial charge < -0.3 is 24.1 Å². The topological polar surface area (TPSA) is 134 Å². The van der Waals surface area contributed by atoms with Crippen molar-refractivity contribution in [2.75, 3.05) is 37.7 Å². The first-order valence-electron chi connectivity index (χ1n) is 17.8. The van der Waals surface area contributed by atoms with Crippen LogP contribution in [0.5, 0.6) is 0 Å². The van der Waals surface area contributed by atoms with Crippen molar-refractivity contribution in [2.45, 2.75) is 89.5 Å². The highest BCUT2D eigenvalue weighted by molar-refractivity contribution is 5.98. The van der Waals surface area contributed by atoms with Gasteiger partial charge in [-0.25, -0.2) is 28.1 Å². The fourth-order valence-electron chi connectivity index (χ4n) is 7.11. The Morgan fingerprint density at radius 1 is 0.865 bits per heavy atom. The third kappa shape index (κ3) is 8.54. The van der Waals surface area contributed by atoms with E-state index in [2.05, 4.69) is 9.97 Å². The Hall–Kier alpha value is -5.01. The lowest BCUT2D eigenvalue weighted by molar-refractivity contribution is -0.147. The molecule has 0 spiro atoms. The van der Waals surface area contributed by atoms with Gasteiger partial charge in [0.05, 0.1) is 6.04 Å². The van der Waals surface area contributed by atoms with E-state index in [0.717, 1.165) is 36.2 Å². The average molecular weight is 722 g/mol. The van der Waals surface area contributed by atoms with Gasteiger partial charge in [-0.3, -0.25) is 14.6 Å². The molecule has 3 aliphatic rings. The average Bonchev–Trinajstić information content (AvgIpc) is 3.90. The van der Waals surface area contributed by atoms with Gasteiger partial charge >= 0.3 is 18.2 Å². The minimum Gasteiger partial charge on any atom is -0.456 e. The standard InChI is InChI=1S/C38H45F2N5O7/c1-38(2,3)52-37(49)44-15-7-11-30(44)34-41-21-29(42-34)25-13-17-43(18-14-25)33-27(39)19-26(20-28(33)40)32(46)23-50-35(47)31-12-8-16-45(31)36(48)51-22-24-9-5-4-6-10-24/h4-6,9-10,19-21,25,30-31H,7-8,11-18,22-23H2,1-3H3,(H,41,42)/t30-,31-/m0/s1. The number of carbonyl (C=O) groups excluding carboxylic acids is 4. The van der Waals surface area contributed by atoms with Crippen molar-refractivity contribution >= 4 is 29.6 Å². The number of Topliss-reactive ketones (excluding diaryl/α,β-unsaturated/α-hetero) is 1. The van der Waals surface area contributed by atoms with Crippen molar-refractivity contribution in [1.29, 1.82) is 0 Å². The molecule has 3 aromatic rings. The van der Waals surface area contributed by atoms with E-state index in [0.29, 0.717) is 57.7 Å². The van der Waals surface area contributed by atoms with E-state index in [1.807, 2.05) is 51.1 Å². The Morgan fingerprint density at radius 3 is 2.23 bits per heavy atom. The quantitative estimate of drug-likeness (QED) is 0.146. The zero-order valence-corrected chi connectivity index (χ0v) is 29.7. The molecule has 278 valence electrons. The van der Waals surface area contributed by atoms with Crippen LogP contribution < -0.4 is 4.90 Å². The van der Waals surface area contributed by atoms with E-state index in [4.69, 9.17) is 14.2 Å². The molecular formula is C38H45F2N5O7. The minimum absolute atomic E-state index is 0.0463. The summed E-state index contributed by atoms with van der Waals surface area (Å²) in [7, 11) is 0. The fraction of sp³-hybridized carbons (Fsp3) is 0.500. The minimum atomic E-state index is -0.919. The van der Waals surface area contributed by atoms with E-state index in [-0.39, 0.29) is 35.9 Å². The lowest BCUT2D eigenvalue weighted by Crippen LogP contribution is -2.42. The number of esters is 1. The molecule has 2 amide bonds. The molecule has 2 atom stereocenters. The predicted octanol–water partition coefficient (Wildman–Crippen LogP) is 6.67. The summed E-state index contributed by atoms with van der Waals surface area (Å²) in [6.07, 6.45) is 4.48. The second kappa shape index (κ2) is 15.7. The first-order chi connectivity index (χ1) is 24.9. The van der Waals surface area contributed by atoms with Crippen molar-refractivity contribution < 1.29 is 42.2 Å². The Labute approximate surface area is 301 Å². The summed E-state index contributed by atoms with van der Waals surface area (Å²) < 4.78 is 46.9. The molecule has 0 unspecified atom stereocenters. The monoisotopic (exact) mass is 721 g/mol. The summed E-state index contributed by atoms with van der Waals surface area (Å²) in [5, 5.41) is 0. The van der Waals surface area contributed by atoms with Crippen LogP contribution in [-0.4, -0.2) is 88.1 Å². The highest BCUT2D eigenvalue weighted by Crippen LogP contribution is 2.36. The van der Waals surface area contributed by atoms with Gasteiger partial charge in [-0.05, 0) is 77.0 Å². The number of hydrogen-bond acceptors (Lipinski definition) is 9. The largest absolute Gasteiger partial charge is 0.456 e. The van der Waals surface area contributed by atoms with E-state index in [9.17, 15) is 19.2 Å². The lowest BCUT2D eigenvalue weighted by atomic mass is 9.93. The first kappa shape index (κ1) is 36.8. The third-order valence-corrected chi connectivity index (χ3v) is 9.71. The molecule has 4 heterocycles. The van der Waals surface area contributed by atoms with Crippen LogP contribution in [0, 0.1) is 11.6 Å². The van der Waals surface area contributed by atoms with Crippen LogP contribution in [0.3, 0.4) is 0 Å². The van der Waals surface area contributed by atoms with E-state index in [1.54, 1.807) is 16.0 Å². The summed E-state index contributed by atoms with van der Waals surface area (Å²) in [6.45, 7) is 6.45. The Morgan fingerprint density at radius 2 is 1.54 bits per heavy atom. The van der Waals surface area contributed by atoms with Crippen LogP contribution in [-0.2, 0) is 25.6 Å². The van der Waals surface area contributed by atoms with Crippen molar-refractivity contribution in [3.8, 4) is 0 Å². The number of imidazole rings is 1. The molecule has 0 radical (unpaired) electrons. The SMILES string of the molecule is CC(C)(C)OC(=O)N1CCC[C@H]1c1ncc(C2CCN(c3c(F)cc(C(=O)COC(=O)[C@@H]4CCCN4C(=O)OCc4ccccc4)cc3F)CC2)[nH]1. The molecule has 14 heteroatoms. The number of likely N-dealkylation sites (tertiary alicyclic amines) is 2. The number of H-pyrrole nitrogens is 1. The van der Waals surface area contributed by atoms with Gasteiger partial charge in [0, 0.05) is 49.6 Å². The molecule has 6 rings (SSSR count). The lowest BCUT2D eigenvalue weighted by Gasteiger charge is -2.33. The number of halogens is 2. The number of piperidine rings is 1. The maximum atomic E-state index is 15.4. The van der Waals surface area contributed by atoms with Crippen LogP contribution in [0.25, 0.3) is 0 Å². The third-order valence-electron chi connectivity index (χ3n) is 9.71. The summed E-state index contributed by atoms with van der Waals surface area (Å²) in [5.41, 5.74) is 0.632. The van der Waals surface area contributed by atoms with Gasteiger partial charge in [0.25, 0.3) is 0 Å². The number of ether oxygens (including phenoxy) is 3. The summed E-state index contributed by atoms with van der Waals surface area (Å²) in [6, 6.07) is 9.92. The van der Waals surface area contributed by atoms with Crippen LogP contribution in [0.4, 0.5) is 24.1 Å². The van der Waals surface area contributed by atoms with Gasteiger partial charge in [0.15, 0.2) is 6.61 Å². The number of aromatic nitrogens is 2. The zero-order chi connectivity index (χ0) is 37.0. The number of ketones is 1. The maximum Gasteiger partial charge on any atom is 0.410 e. The Kier molecular flexibility index (Phi) is 11.1. The number of nitrogens with zero attached hydrogens (tertiary/aromatic N) is 4. The number of nitrogens with one attached hydrogen (secondary N) is 1. The maximum absolute atomic E-state index is 15.4. The molecule has 0 bridgehead atoms. The second-order valence-corrected chi connectivity index (χ2v) is 14.5. The smallest absolute Gasteiger partial charge is 0.410 e. The first-order valence-corrected chi connectivity index (χ1v) is 17.8. The molecule has 1 aromatic heterocycles. The summed E-state index contributed by atoms with van der Waals surface area (Å²) in [5.74, 6) is -2.54. The molecule has 12 nitrogen and oxygen atoms in total. The van der Waals surface area contributed by atoms with Crippen LogP contribution >= 0.6 is 0 Å². The van der Waals surface area contributed by atoms with Gasteiger partial charge in [-0.2, -0.15) is 0 Å². The molecule has 0 aliphatic carbocycles. The number of carbonyl (C=O) groups is 4. The van der Waals surface area contributed by atoms with Gasteiger partial charge in [-0.1, -0.05) is 30.3 Å². The van der Waals surface area contributed by atoms with Gasteiger partial charge in [0.2, 0.25) is 5.78 Å². The fourth-order valence-corrected chi connectivity index (χ4v) is 7.11. The van der Waals surface area contributed by atoms with E-state index >= 15 is 8.78 Å². The van der Waals surface area contributed by atoms with Crippen LogP contribution in [0.1, 0.15) is 98.7 Å². The molecule has 3 fully saturated rings. The normalized spacial score (nSPS) is 19.5. The van der Waals surface area contributed by atoms with Crippen LogP contribution in [0.2, 0.25) is 0 Å². The number of benzene rings is 2. The van der Waals surface area contributed by atoms with Crippen molar-refractivity contribution in [2.24, 2.45) is 0 Å². The zero-order valence-electron chi connectivity index (χ0n) is 29.7. The predicted molar refractivity (Wildman–Crippen MR) is 186 cm³/mol. The van der Waals surface area contributed by atoms with Gasteiger partial charge in [-0.15, -0.1) is 0 Å². The molecular weight excluding hydrogens is 676 g/mol. The van der Waals surface area contributed by atoms with E-state index in [1.165, 1.54) is 4.90 Å². The highest BCUT2D eigenvalue weighted by atomic mass is 19.1. The number of aromatic amines is 1. The number of rotatable bonds is 9.